The van der Waals surface area contributed by atoms with Crippen molar-refractivity contribution < 1.29 is 19.0 Å². The van der Waals surface area contributed by atoms with Gasteiger partial charge >= 0.3 is 0 Å². The molecule has 5 heteroatoms. The van der Waals surface area contributed by atoms with Gasteiger partial charge in [-0.25, -0.2) is 4.39 Å². The summed E-state index contributed by atoms with van der Waals surface area (Å²) in [5.41, 5.74) is 0.839. The predicted molar refractivity (Wildman–Crippen MR) is 133 cm³/mol. The molecule has 0 bridgehead atoms. The van der Waals surface area contributed by atoms with E-state index in [9.17, 15) is 9.50 Å². The lowest BCUT2D eigenvalue weighted by Crippen LogP contribution is -2.24. The third-order valence-electron chi connectivity index (χ3n) is 5.97. The Labute approximate surface area is 201 Å². The van der Waals surface area contributed by atoms with Gasteiger partial charge in [0.1, 0.15) is 11.9 Å². The van der Waals surface area contributed by atoms with E-state index in [4.69, 9.17) is 14.7 Å². The lowest BCUT2D eigenvalue weighted by atomic mass is 10.0. The summed E-state index contributed by atoms with van der Waals surface area (Å²) in [6.07, 6.45) is 19.6. The normalized spacial score (nSPS) is 12.1. The van der Waals surface area contributed by atoms with Crippen molar-refractivity contribution in [1.29, 1.82) is 5.26 Å². The van der Waals surface area contributed by atoms with Crippen molar-refractivity contribution in [1.82, 2.24) is 0 Å². The number of nitrogens with zero attached hydrogens (tertiary/aromatic N) is 1. The van der Waals surface area contributed by atoms with E-state index in [1.807, 2.05) is 6.07 Å². The monoisotopic (exact) mass is 463 g/mol. The first-order valence-electron chi connectivity index (χ1n) is 13.2. The smallest absolute Gasteiger partial charge is 0.124 e. The van der Waals surface area contributed by atoms with Crippen LogP contribution in [-0.2, 0) is 16.1 Å². The number of benzene rings is 1. The molecule has 1 unspecified atom stereocenters. The minimum absolute atomic E-state index is 0.139. The quantitative estimate of drug-likeness (QED) is 0.181. The Bertz CT molecular complexity index is 632. The van der Waals surface area contributed by atoms with Crippen LogP contribution in [0.3, 0.4) is 0 Å². The van der Waals surface area contributed by atoms with E-state index in [0.29, 0.717) is 18.8 Å². The molecule has 0 aliphatic carbocycles. The molecule has 188 valence electrons. The molecule has 0 aromatic heterocycles. The zero-order valence-corrected chi connectivity index (χ0v) is 20.8. The van der Waals surface area contributed by atoms with Gasteiger partial charge in [-0.2, -0.15) is 5.26 Å². The molecule has 0 radical (unpaired) electrons. The molecule has 1 rings (SSSR count). The van der Waals surface area contributed by atoms with Crippen LogP contribution in [0.5, 0.6) is 0 Å². The molecule has 33 heavy (non-hydrogen) atoms. The average molecular weight is 464 g/mol. The molecular weight excluding hydrogens is 417 g/mol. The Balaban J connectivity index is 1.91. The van der Waals surface area contributed by atoms with E-state index in [1.165, 1.54) is 102 Å². The summed E-state index contributed by atoms with van der Waals surface area (Å²) in [5.74, 6) is -0.461. The first kappa shape index (κ1) is 29.6. The number of ether oxygens (including phenoxy) is 2. The highest BCUT2D eigenvalue weighted by Crippen LogP contribution is 2.14. The van der Waals surface area contributed by atoms with Crippen molar-refractivity contribution in [2.75, 3.05) is 19.8 Å². The van der Waals surface area contributed by atoms with Crippen molar-refractivity contribution in [3.05, 3.63) is 35.1 Å². The average Bonchev–Trinajstić information content (AvgIpc) is 2.82. The van der Waals surface area contributed by atoms with Crippen LogP contribution in [0.2, 0.25) is 0 Å². The Morgan fingerprint density at radius 2 is 1.39 bits per heavy atom. The second-order valence-corrected chi connectivity index (χ2v) is 9.10. The largest absolute Gasteiger partial charge is 0.394 e. The molecule has 0 spiro atoms. The molecule has 0 saturated carbocycles. The Kier molecular flexibility index (Phi) is 18.9. The number of halogens is 1. The summed E-state index contributed by atoms with van der Waals surface area (Å²) in [6.45, 7) is 3.23. The van der Waals surface area contributed by atoms with Gasteiger partial charge in [0.15, 0.2) is 0 Å². The fourth-order valence-electron chi connectivity index (χ4n) is 3.96. The number of rotatable bonds is 22. The molecule has 0 aliphatic heterocycles. The van der Waals surface area contributed by atoms with Crippen LogP contribution < -0.4 is 0 Å². The lowest BCUT2D eigenvalue weighted by Gasteiger charge is -2.16. The first-order chi connectivity index (χ1) is 16.2. The highest BCUT2D eigenvalue weighted by Gasteiger charge is 2.09. The van der Waals surface area contributed by atoms with Crippen LogP contribution in [0.25, 0.3) is 0 Å². The lowest BCUT2D eigenvalue weighted by molar-refractivity contribution is -0.0503. The van der Waals surface area contributed by atoms with Gasteiger partial charge in [0.2, 0.25) is 0 Å². The maximum absolute atomic E-state index is 13.5. The molecule has 1 aromatic carbocycles. The van der Waals surface area contributed by atoms with Gasteiger partial charge in [-0.15, -0.1) is 0 Å². The maximum atomic E-state index is 13.5. The first-order valence-corrected chi connectivity index (χ1v) is 13.2. The second-order valence-electron chi connectivity index (χ2n) is 9.10. The van der Waals surface area contributed by atoms with Crippen LogP contribution in [-0.4, -0.2) is 31.0 Å². The Morgan fingerprint density at radius 1 is 0.848 bits per heavy atom. The summed E-state index contributed by atoms with van der Waals surface area (Å²) >= 11 is 0. The minimum Gasteiger partial charge on any atom is -0.394 e. The van der Waals surface area contributed by atoms with Gasteiger partial charge in [-0.3, -0.25) is 0 Å². The third kappa shape index (κ3) is 16.7. The van der Waals surface area contributed by atoms with Gasteiger partial charge in [-0.1, -0.05) is 96.8 Å². The van der Waals surface area contributed by atoms with E-state index in [-0.39, 0.29) is 18.8 Å². The van der Waals surface area contributed by atoms with Gasteiger partial charge in [0.25, 0.3) is 0 Å². The summed E-state index contributed by atoms with van der Waals surface area (Å²) < 4.78 is 24.7. The standard InChI is InChI=1S/C28H46FNO3/c1-2-3-4-5-6-7-8-9-10-11-12-13-14-15-16-17-32-24-28(22-31)33-23-26-18-25(21-30)19-27(29)20-26/h18-20,28,31H,2-17,22-24H2,1H3. The summed E-state index contributed by atoms with van der Waals surface area (Å²) in [7, 11) is 0. The van der Waals surface area contributed by atoms with Crippen molar-refractivity contribution in [3.63, 3.8) is 0 Å². The summed E-state index contributed by atoms with van der Waals surface area (Å²) in [4.78, 5) is 0. The van der Waals surface area contributed by atoms with E-state index >= 15 is 0 Å². The van der Waals surface area contributed by atoms with Gasteiger partial charge < -0.3 is 14.6 Å². The fourth-order valence-corrected chi connectivity index (χ4v) is 3.96. The number of aliphatic hydroxyl groups excluding tert-OH is 1. The number of unbranched alkanes of at least 4 members (excludes halogenated alkanes) is 14. The molecule has 0 heterocycles. The van der Waals surface area contributed by atoms with Crippen molar-refractivity contribution >= 4 is 0 Å². The number of hydrogen-bond acceptors (Lipinski definition) is 4. The number of hydrogen-bond donors (Lipinski definition) is 1. The third-order valence-corrected chi connectivity index (χ3v) is 5.97. The SMILES string of the molecule is CCCCCCCCCCCCCCCCCOCC(CO)OCc1cc(F)cc(C#N)c1. The van der Waals surface area contributed by atoms with E-state index in [0.717, 1.165) is 6.42 Å². The second kappa shape index (κ2) is 21.1. The van der Waals surface area contributed by atoms with Crippen molar-refractivity contribution in [2.45, 2.75) is 116 Å². The van der Waals surface area contributed by atoms with Crippen LogP contribution >= 0.6 is 0 Å². The molecule has 0 fully saturated rings. The fraction of sp³-hybridized carbons (Fsp3) is 0.750. The molecule has 1 aromatic rings. The predicted octanol–water partition coefficient (Wildman–Crippen LogP) is 7.46. The zero-order chi connectivity index (χ0) is 24.0. The zero-order valence-electron chi connectivity index (χ0n) is 20.8. The molecule has 4 nitrogen and oxygen atoms in total. The Morgan fingerprint density at radius 3 is 1.91 bits per heavy atom. The van der Waals surface area contributed by atoms with Gasteiger partial charge in [-0.05, 0) is 30.2 Å². The van der Waals surface area contributed by atoms with E-state index < -0.39 is 11.9 Å². The summed E-state index contributed by atoms with van der Waals surface area (Å²) in [6, 6.07) is 6.05. The highest BCUT2D eigenvalue weighted by molar-refractivity contribution is 5.33. The van der Waals surface area contributed by atoms with E-state index in [2.05, 4.69) is 6.92 Å². The van der Waals surface area contributed by atoms with E-state index in [1.54, 1.807) is 6.07 Å². The van der Waals surface area contributed by atoms with Crippen LogP contribution in [0.1, 0.15) is 114 Å². The molecular formula is C28H46FNO3. The number of aliphatic hydroxyl groups is 1. The van der Waals surface area contributed by atoms with Gasteiger partial charge in [0.05, 0.1) is 31.5 Å². The molecule has 0 saturated heterocycles. The minimum atomic E-state index is -0.461. The molecule has 0 amide bonds. The topological polar surface area (TPSA) is 62.5 Å². The highest BCUT2D eigenvalue weighted by atomic mass is 19.1. The van der Waals surface area contributed by atoms with Gasteiger partial charge in [0, 0.05) is 6.61 Å². The van der Waals surface area contributed by atoms with Crippen LogP contribution in [0.15, 0.2) is 18.2 Å². The van der Waals surface area contributed by atoms with Crippen molar-refractivity contribution in [2.24, 2.45) is 0 Å². The van der Waals surface area contributed by atoms with Crippen LogP contribution in [0, 0.1) is 17.1 Å². The van der Waals surface area contributed by atoms with Crippen LogP contribution in [0.4, 0.5) is 4.39 Å². The molecule has 0 aliphatic rings. The summed E-state index contributed by atoms with van der Waals surface area (Å²) in [5, 5.41) is 18.4. The number of nitriles is 1. The maximum Gasteiger partial charge on any atom is 0.124 e. The molecule has 1 atom stereocenters. The Hall–Kier alpha value is -1.48. The van der Waals surface area contributed by atoms with Crippen molar-refractivity contribution in [3.8, 4) is 6.07 Å². The molecule has 1 N–H and O–H groups in total.